The van der Waals surface area contributed by atoms with Crippen molar-refractivity contribution in [2.24, 2.45) is 28.6 Å². The summed E-state index contributed by atoms with van der Waals surface area (Å²) < 4.78 is 11.4. The molecule has 28 heavy (non-hydrogen) atoms. The molecule has 0 aromatic heterocycles. The van der Waals surface area contributed by atoms with E-state index in [1.165, 1.54) is 7.11 Å². The lowest BCUT2D eigenvalue weighted by Crippen LogP contribution is -2.65. The number of esters is 1. The fourth-order valence-corrected chi connectivity index (χ4v) is 8.18. The molecule has 0 aromatic rings. The van der Waals surface area contributed by atoms with Crippen LogP contribution in [0, 0.1) is 28.6 Å². The molecule has 3 aliphatic carbocycles. The molecular formula is C23H29NO4. The zero-order valence-corrected chi connectivity index (χ0v) is 17.0. The van der Waals surface area contributed by atoms with E-state index in [2.05, 4.69) is 18.7 Å². The van der Waals surface area contributed by atoms with E-state index in [9.17, 15) is 9.59 Å². The first-order valence-electron chi connectivity index (χ1n) is 10.9. The molecule has 3 fully saturated rings. The van der Waals surface area contributed by atoms with Crippen molar-refractivity contribution in [3.8, 4) is 0 Å². The van der Waals surface area contributed by atoms with Gasteiger partial charge in [-0.15, -0.1) is 0 Å². The normalized spacial score (nSPS) is 46.3. The van der Waals surface area contributed by atoms with Crippen LogP contribution in [0.25, 0.3) is 0 Å². The van der Waals surface area contributed by atoms with Gasteiger partial charge >= 0.3 is 5.97 Å². The molecule has 0 N–H and O–H groups in total. The van der Waals surface area contributed by atoms with Gasteiger partial charge < -0.3 is 9.47 Å². The van der Waals surface area contributed by atoms with Crippen LogP contribution in [0.2, 0.25) is 0 Å². The molecule has 6 rings (SSSR count). The number of allylic oxidation sites excluding steroid dienone is 2. The van der Waals surface area contributed by atoms with Crippen molar-refractivity contribution in [3.05, 3.63) is 22.5 Å². The molecule has 5 nitrogen and oxygen atoms in total. The molecule has 150 valence electrons. The average molecular weight is 383 g/mol. The van der Waals surface area contributed by atoms with Crippen molar-refractivity contribution in [3.63, 3.8) is 0 Å². The maximum absolute atomic E-state index is 14.3. The summed E-state index contributed by atoms with van der Waals surface area (Å²) >= 11 is 0. The van der Waals surface area contributed by atoms with Crippen LogP contribution in [0.1, 0.15) is 46.0 Å². The van der Waals surface area contributed by atoms with E-state index in [1.807, 2.05) is 0 Å². The van der Waals surface area contributed by atoms with Crippen LogP contribution in [0.4, 0.5) is 0 Å². The van der Waals surface area contributed by atoms with Crippen LogP contribution >= 0.6 is 0 Å². The van der Waals surface area contributed by atoms with Crippen LogP contribution in [-0.4, -0.2) is 49.5 Å². The molecule has 1 saturated carbocycles. The van der Waals surface area contributed by atoms with E-state index in [4.69, 9.17) is 9.47 Å². The van der Waals surface area contributed by atoms with E-state index in [0.29, 0.717) is 43.1 Å². The van der Waals surface area contributed by atoms with Crippen molar-refractivity contribution in [2.75, 3.05) is 26.8 Å². The summed E-state index contributed by atoms with van der Waals surface area (Å²) in [6, 6.07) is 0.434. The third-order valence-corrected chi connectivity index (χ3v) is 9.39. The van der Waals surface area contributed by atoms with Crippen molar-refractivity contribution in [1.82, 2.24) is 4.90 Å². The summed E-state index contributed by atoms with van der Waals surface area (Å²) in [5.74, 6) is 2.09. The molecular weight excluding hydrogens is 354 g/mol. The molecule has 0 aromatic carbocycles. The lowest BCUT2D eigenvalue weighted by Gasteiger charge is -2.59. The predicted octanol–water partition coefficient (Wildman–Crippen LogP) is 2.86. The third kappa shape index (κ3) is 1.67. The van der Waals surface area contributed by atoms with Gasteiger partial charge in [0, 0.05) is 54.5 Å². The Morgan fingerprint density at radius 3 is 2.89 bits per heavy atom. The fraction of sp³-hybridized carbons (Fsp3) is 0.739. The number of fused-ring (bicyclic) bond motifs is 1. The Morgan fingerprint density at radius 2 is 2.11 bits per heavy atom. The number of carbonyl (C=O) groups is 2. The number of nitrogens with zero attached hydrogens (tertiary/aromatic N) is 1. The lowest BCUT2D eigenvalue weighted by molar-refractivity contribution is -0.157. The Bertz CT molecular complexity index is 872. The number of hydrogen-bond acceptors (Lipinski definition) is 5. The second kappa shape index (κ2) is 5.29. The number of methoxy groups -OCH3 is 1. The third-order valence-electron chi connectivity index (χ3n) is 9.39. The van der Waals surface area contributed by atoms with Crippen molar-refractivity contribution in [1.29, 1.82) is 0 Å². The summed E-state index contributed by atoms with van der Waals surface area (Å²) in [6.07, 6.45) is 4.20. The molecule has 6 atom stereocenters. The minimum atomic E-state index is -0.597. The zero-order valence-electron chi connectivity index (χ0n) is 17.0. The number of ketones is 1. The number of rotatable bonds is 1. The van der Waals surface area contributed by atoms with Gasteiger partial charge in [0.25, 0.3) is 0 Å². The maximum Gasteiger partial charge on any atom is 0.334 e. The van der Waals surface area contributed by atoms with Crippen LogP contribution in [-0.2, 0) is 19.1 Å². The highest BCUT2D eigenvalue weighted by molar-refractivity contribution is 6.01. The van der Waals surface area contributed by atoms with Gasteiger partial charge in [0.2, 0.25) is 0 Å². The Hall–Kier alpha value is -1.62. The van der Waals surface area contributed by atoms with Crippen molar-refractivity contribution in [2.45, 2.75) is 52.0 Å². The van der Waals surface area contributed by atoms with E-state index in [-0.39, 0.29) is 17.3 Å². The average Bonchev–Trinajstić information content (AvgIpc) is 3.16. The molecule has 0 radical (unpaired) electrons. The molecule has 5 heteroatoms. The Kier molecular flexibility index (Phi) is 3.26. The standard InChI is InChI=1S/C23H29NO4/c1-12-10-24-11-13-4-5-17-19-14(6-7-28-17)16(21(26)27-3)9-23(19)20(25)15(12)8-18(24)22(13,23)2/h12-13,15,18H,4-11H2,1-3H3/t12?,13-,15-,18-,22+,23-/m0/s1. The van der Waals surface area contributed by atoms with Gasteiger partial charge in [0.05, 0.1) is 19.1 Å². The second-order valence-electron chi connectivity index (χ2n) is 10.1. The topological polar surface area (TPSA) is 55.8 Å². The molecule has 2 saturated heterocycles. The van der Waals surface area contributed by atoms with Crippen LogP contribution in [0.5, 0.6) is 0 Å². The van der Waals surface area contributed by atoms with Crippen molar-refractivity contribution < 1.29 is 19.1 Å². The first kappa shape index (κ1) is 17.3. The first-order chi connectivity index (χ1) is 13.4. The highest BCUT2D eigenvalue weighted by Crippen LogP contribution is 2.72. The van der Waals surface area contributed by atoms with Gasteiger partial charge in [-0.1, -0.05) is 13.8 Å². The van der Waals surface area contributed by atoms with Gasteiger partial charge in [0.15, 0.2) is 0 Å². The van der Waals surface area contributed by atoms with E-state index in [0.717, 1.165) is 54.8 Å². The van der Waals surface area contributed by atoms with Gasteiger partial charge in [-0.25, -0.2) is 4.79 Å². The maximum atomic E-state index is 14.3. The van der Waals surface area contributed by atoms with Gasteiger partial charge in [0.1, 0.15) is 11.5 Å². The van der Waals surface area contributed by atoms with E-state index in [1.54, 1.807) is 0 Å². The van der Waals surface area contributed by atoms with Crippen LogP contribution in [0.15, 0.2) is 22.5 Å². The fourth-order valence-electron chi connectivity index (χ4n) is 8.18. The summed E-state index contributed by atoms with van der Waals surface area (Å²) in [4.78, 5) is 29.7. The monoisotopic (exact) mass is 383 g/mol. The van der Waals surface area contributed by atoms with Gasteiger partial charge in [-0.2, -0.15) is 0 Å². The van der Waals surface area contributed by atoms with E-state index >= 15 is 0 Å². The number of piperidine rings is 1. The first-order valence-corrected chi connectivity index (χ1v) is 10.9. The quantitative estimate of drug-likeness (QED) is 0.652. The largest absolute Gasteiger partial charge is 0.497 e. The molecule has 1 spiro atoms. The predicted molar refractivity (Wildman–Crippen MR) is 102 cm³/mol. The van der Waals surface area contributed by atoms with Crippen LogP contribution in [0.3, 0.4) is 0 Å². The molecule has 0 amide bonds. The Morgan fingerprint density at radius 1 is 1.29 bits per heavy atom. The summed E-state index contributed by atoms with van der Waals surface area (Å²) in [5.41, 5.74) is 2.22. The Labute approximate surface area is 166 Å². The van der Waals surface area contributed by atoms with E-state index < -0.39 is 5.41 Å². The highest BCUT2D eigenvalue weighted by Gasteiger charge is 2.74. The summed E-state index contributed by atoms with van der Waals surface area (Å²) in [5, 5.41) is 0. The van der Waals surface area contributed by atoms with Crippen LogP contribution < -0.4 is 0 Å². The second-order valence-corrected chi connectivity index (χ2v) is 10.1. The smallest absolute Gasteiger partial charge is 0.334 e. The number of Topliss-reactive ketones (excluding diaryl/α,β-unsaturated/α-hetero) is 1. The summed E-state index contributed by atoms with van der Waals surface area (Å²) in [7, 11) is 1.46. The van der Waals surface area contributed by atoms with Gasteiger partial charge in [-0.3, -0.25) is 9.69 Å². The lowest BCUT2D eigenvalue weighted by atomic mass is 9.45. The van der Waals surface area contributed by atoms with Crippen molar-refractivity contribution >= 4 is 11.8 Å². The number of carbonyl (C=O) groups excluding carboxylic acids is 2. The molecule has 6 aliphatic rings. The summed E-state index contributed by atoms with van der Waals surface area (Å²) in [6.45, 7) is 7.34. The zero-order chi connectivity index (χ0) is 19.4. The minimum Gasteiger partial charge on any atom is -0.497 e. The molecule has 3 aliphatic heterocycles. The molecule has 2 bridgehead atoms. The molecule has 3 heterocycles. The number of ether oxygens (including phenoxy) is 2. The molecule has 1 unspecified atom stereocenters. The number of hydrogen-bond donors (Lipinski definition) is 0. The van der Waals surface area contributed by atoms with Gasteiger partial charge in [-0.05, 0) is 36.7 Å². The Balaban J connectivity index is 1.65. The minimum absolute atomic E-state index is 0.0973. The SMILES string of the molecule is COC(=O)C1=C2CCOC3=C2[C@@]2(C1)C(=O)[C@H]1C[C@@H]4N(CC1C)C[C@H](CC3)[C@]42C. The highest BCUT2D eigenvalue weighted by atomic mass is 16.5.